The molecule has 2 nitrogen and oxygen atoms in total. The van der Waals surface area contributed by atoms with Gasteiger partial charge in [0.15, 0.2) is 0 Å². The summed E-state index contributed by atoms with van der Waals surface area (Å²) in [5.74, 6) is 0.823. The fraction of sp³-hybridized carbons (Fsp3) is 0.692. The maximum atomic E-state index is 6.17. The van der Waals surface area contributed by atoms with Crippen LogP contribution in [0, 0.1) is 0 Å². The average molecular weight is 279 g/mol. The Hall–Kier alpha value is -0.180. The van der Waals surface area contributed by atoms with Gasteiger partial charge in [-0.25, -0.2) is 0 Å². The summed E-state index contributed by atoms with van der Waals surface area (Å²) in [5.41, 5.74) is 1.05. The highest BCUT2D eigenvalue weighted by atomic mass is 35.5. The molecular formula is C13H20Cl2O2. The second kappa shape index (κ2) is 7.30. The van der Waals surface area contributed by atoms with Gasteiger partial charge in [-0.15, -0.1) is 11.6 Å². The van der Waals surface area contributed by atoms with Gasteiger partial charge >= 0.3 is 0 Å². The normalized spacial score (nSPS) is 23.1. The van der Waals surface area contributed by atoms with E-state index >= 15 is 0 Å². The molecule has 0 saturated carbocycles. The highest BCUT2D eigenvalue weighted by molar-refractivity contribution is 6.29. The molecule has 0 aliphatic carbocycles. The van der Waals surface area contributed by atoms with Gasteiger partial charge < -0.3 is 9.47 Å². The van der Waals surface area contributed by atoms with E-state index in [-0.39, 0.29) is 5.38 Å². The zero-order valence-electron chi connectivity index (χ0n) is 10.6. The summed E-state index contributed by atoms with van der Waals surface area (Å²) in [6.45, 7) is 7.33. The zero-order chi connectivity index (χ0) is 12.8. The van der Waals surface area contributed by atoms with Crippen LogP contribution in [-0.4, -0.2) is 24.7 Å². The van der Waals surface area contributed by atoms with Gasteiger partial charge in [0, 0.05) is 11.5 Å². The topological polar surface area (TPSA) is 21.8 Å². The maximum Gasteiger partial charge on any atom is 0.117 e. The quantitative estimate of drug-likeness (QED) is 0.301. The van der Waals surface area contributed by atoms with E-state index in [1.807, 2.05) is 19.9 Å². The zero-order valence-corrected chi connectivity index (χ0v) is 12.1. The number of alkyl halides is 1. The number of allylic oxidation sites excluding steroid dienone is 3. The van der Waals surface area contributed by atoms with Gasteiger partial charge in [0.2, 0.25) is 0 Å². The third-order valence-corrected chi connectivity index (χ3v) is 2.67. The van der Waals surface area contributed by atoms with E-state index in [0.29, 0.717) is 12.7 Å². The van der Waals surface area contributed by atoms with Crippen molar-refractivity contribution in [1.82, 2.24) is 0 Å². The van der Waals surface area contributed by atoms with Gasteiger partial charge in [0.1, 0.15) is 5.76 Å². The average Bonchev–Trinajstić information content (AvgIpc) is 3.00. The monoisotopic (exact) mass is 278 g/mol. The minimum atomic E-state index is -0.150. The van der Waals surface area contributed by atoms with Crippen LogP contribution in [0.1, 0.15) is 33.6 Å². The fourth-order valence-corrected chi connectivity index (χ4v) is 1.91. The summed E-state index contributed by atoms with van der Waals surface area (Å²) in [6.07, 6.45) is 4.00. The first-order valence-electron chi connectivity index (χ1n) is 5.99. The standard InChI is InChI=1S/C13H20Cl2O2/c1-4-5-16-13(10(3)15)11(6-9(2)14)7-12-8-17-12/h6,10,12H,4-5,7-8H2,1-3H3/b9-6+,13-11-. The third kappa shape index (κ3) is 5.80. The molecule has 0 aromatic heterocycles. The van der Waals surface area contributed by atoms with Gasteiger partial charge in [-0.2, -0.15) is 0 Å². The number of hydrogen-bond donors (Lipinski definition) is 0. The number of rotatable bonds is 7. The first kappa shape index (κ1) is 14.9. The van der Waals surface area contributed by atoms with Crippen molar-refractivity contribution in [2.24, 2.45) is 0 Å². The van der Waals surface area contributed by atoms with Crippen LogP contribution in [0.15, 0.2) is 22.4 Å². The van der Waals surface area contributed by atoms with Gasteiger partial charge in [-0.05, 0) is 31.9 Å². The molecule has 0 spiro atoms. The van der Waals surface area contributed by atoms with Crippen molar-refractivity contribution >= 4 is 23.2 Å². The summed E-state index contributed by atoms with van der Waals surface area (Å²) >= 11 is 12.1. The molecule has 0 N–H and O–H groups in total. The van der Waals surface area contributed by atoms with Crippen LogP contribution in [-0.2, 0) is 9.47 Å². The molecule has 98 valence electrons. The van der Waals surface area contributed by atoms with E-state index in [4.69, 9.17) is 32.7 Å². The molecule has 0 aromatic carbocycles. The van der Waals surface area contributed by atoms with Crippen LogP contribution in [0.2, 0.25) is 0 Å². The molecule has 1 heterocycles. The van der Waals surface area contributed by atoms with Crippen LogP contribution in [0.5, 0.6) is 0 Å². The van der Waals surface area contributed by atoms with Crippen LogP contribution in [0.25, 0.3) is 0 Å². The van der Waals surface area contributed by atoms with E-state index in [2.05, 4.69) is 6.92 Å². The molecule has 1 aliphatic rings. The first-order chi connectivity index (χ1) is 8.04. The molecule has 2 atom stereocenters. The van der Waals surface area contributed by atoms with Crippen LogP contribution < -0.4 is 0 Å². The van der Waals surface area contributed by atoms with E-state index in [1.54, 1.807) is 0 Å². The van der Waals surface area contributed by atoms with Gasteiger partial charge in [-0.3, -0.25) is 0 Å². The van der Waals surface area contributed by atoms with E-state index in [1.165, 1.54) is 0 Å². The van der Waals surface area contributed by atoms with E-state index in [9.17, 15) is 0 Å². The molecule has 1 saturated heterocycles. The molecule has 0 bridgehead atoms. The van der Waals surface area contributed by atoms with Gasteiger partial charge in [0.25, 0.3) is 0 Å². The Morgan fingerprint density at radius 2 is 2.24 bits per heavy atom. The van der Waals surface area contributed by atoms with Crippen LogP contribution in [0.4, 0.5) is 0 Å². The highest BCUT2D eigenvalue weighted by Gasteiger charge is 2.26. The third-order valence-electron chi connectivity index (χ3n) is 2.36. The van der Waals surface area contributed by atoms with Crippen molar-refractivity contribution in [2.75, 3.05) is 13.2 Å². The minimum Gasteiger partial charge on any atom is -0.496 e. The molecule has 1 fully saturated rings. The summed E-state index contributed by atoms with van der Waals surface area (Å²) in [6, 6.07) is 0. The Kier molecular flexibility index (Phi) is 6.39. The Bertz CT molecular complexity index is 301. The predicted molar refractivity (Wildman–Crippen MR) is 72.6 cm³/mol. The number of hydrogen-bond acceptors (Lipinski definition) is 2. The lowest BCUT2D eigenvalue weighted by molar-refractivity contribution is 0.202. The van der Waals surface area contributed by atoms with Crippen molar-refractivity contribution in [3.05, 3.63) is 22.4 Å². The fourth-order valence-electron chi connectivity index (χ4n) is 1.58. The smallest absolute Gasteiger partial charge is 0.117 e. The summed E-state index contributed by atoms with van der Waals surface area (Å²) in [4.78, 5) is 0. The Labute approximate surface area is 114 Å². The van der Waals surface area contributed by atoms with Crippen LogP contribution >= 0.6 is 23.2 Å². The molecule has 2 unspecified atom stereocenters. The van der Waals surface area contributed by atoms with Crippen molar-refractivity contribution < 1.29 is 9.47 Å². The molecule has 1 aliphatic heterocycles. The number of epoxide rings is 1. The SMILES string of the molecule is CCCO/C(=C(/C=C(\C)Cl)CC1CO1)C(C)Cl. The van der Waals surface area contributed by atoms with Crippen LogP contribution in [0.3, 0.4) is 0 Å². The first-order valence-corrected chi connectivity index (χ1v) is 6.81. The molecule has 17 heavy (non-hydrogen) atoms. The van der Waals surface area contributed by atoms with Crippen molar-refractivity contribution in [1.29, 1.82) is 0 Å². The maximum absolute atomic E-state index is 6.17. The Morgan fingerprint density at radius 1 is 1.59 bits per heavy atom. The molecule has 1 rings (SSSR count). The largest absolute Gasteiger partial charge is 0.496 e. The van der Waals surface area contributed by atoms with E-state index in [0.717, 1.165) is 35.8 Å². The molecule has 4 heteroatoms. The number of ether oxygens (including phenoxy) is 2. The lowest BCUT2D eigenvalue weighted by Gasteiger charge is -2.16. The molecule has 0 radical (unpaired) electrons. The highest BCUT2D eigenvalue weighted by Crippen LogP contribution is 2.27. The lowest BCUT2D eigenvalue weighted by Crippen LogP contribution is -2.08. The summed E-state index contributed by atoms with van der Waals surface area (Å²) < 4.78 is 11.0. The summed E-state index contributed by atoms with van der Waals surface area (Å²) in [7, 11) is 0. The summed E-state index contributed by atoms with van der Waals surface area (Å²) in [5, 5.41) is 0.582. The van der Waals surface area contributed by atoms with Gasteiger partial charge in [0.05, 0.1) is 24.7 Å². The second-order valence-electron chi connectivity index (χ2n) is 4.24. The van der Waals surface area contributed by atoms with Gasteiger partial charge in [-0.1, -0.05) is 18.5 Å². The second-order valence-corrected chi connectivity index (χ2v) is 5.50. The Balaban J connectivity index is 2.86. The molecule has 0 amide bonds. The minimum absolute atomic E-state index is 0.150. The van der Waals surface area contributed by atoms with E-state index < -0.39 is 0 Å². The van der Waals surface area contributed by atoms with Crippen molar-refractivity contribution in [3.8, 4) is 0 Å². The molecular weight excluding hydrogens is 259 g/mol. The van der Waals surface area contributed by atoms with Crippen molar-refractivity contribution in [3.63, 3.8) is 0 Å². The van der Waals surface area contributed by atoms with Crippen molar-refractivity contribution in [2.45, 2.75) is 45.1 Å². The molecule has 0 aromatic rings. The number of halogens is 2. The predicted octanol–water partition coefficient (Wildman–Crippen LogP) is 4.23. The lowest BCUT2D eigenvalue weighted by atomic mass is 10.1. The Morgan fingerprint density at radius 3 is 2.65 bits per heavy atom.